The van der Waals surface area contributed by atoms with Crippen molar-refractivity contribution in [2.75, 3.05) is 55.6 Å². The Balaban J connectivity index is 0.789. The van der Waals surface area contributed by atoms with Gasteiger partial charge in [-0.2, -0.15) is 5.26 Å². The molecule has 7 rings (SSSR count). The first-order valence-corrected chi connectivity index (χ1v) is 19.6. The van der Waals surface area contributed by atoms with Crippen LogP contribution in [0.4, 0.5) is 11.5 Å². The number of hydrogen-bond donors (Lipinski definition) is 3. The van der Waals surface area contributed by atoms with E-state index >= 15 is 0 Å². The van der Waals surface area contributed by atoms with Crippen LogP contribution in [-0.2, 0) is 4.79 Å². The van der Waals surface area contributed by atoms with Gasteiger partial charge < -0.3 is 30.5 Å². The van der Waals surface area contributed by atoms with Crippen molar-refractivity contribution < 1.29 is 19.1 Å². The highest BCUT2D eigenvalue weighted by Crippen LogP contribution is 2.28. The summed E-state index contributed by atoms with van der Waals surface area (Å²) in [4.78, 5) is 49.3. The number of allylic oxidation sites excluding steroid dienone is 1. The Kier molecular flexibility index (Phi) is 12.1. The first-order valence-electron chi connectivity index (χ1n) is 19.2. The standard InChI is InChI=1S/C40H47ClN10O4/c1-26-2-10-35(39(53)44-26)46-38(52)34-11-6-30(24-43-34)50-20-18-49(19-21-50)25-27-14-16-51(17-15-27)37-13-12-36(47-48-37)40(54)45-29-4-8-31(9-5-29)55-32-7-3-28(23-42)33(41)22-32/h3,6-7,11-13,22,24,27,29,31,35H,1-2,4-5,8-10,14-21,25H2,(H,44,53)(H,45,54)(H,46,52). The summed E-state index contributed by atoms with van der Waals surface area (Å²) in [6.07, 6.45) is 8.28. The summed E-state index contributed by atoms with van der Waals surface area (Å²) in [5, 5.41) is 26.7. The molecule has 1 atom stereocenters. The normalized spacial score (nSPS) is 22.4. The number of nitriles is 1. The fourth-order valence-corrected chi connectivity index (χ4v) is 8.01. The fraction of sp³-hybridized carbons (Fsp3) is 0.475. The molecule has 3 N–H and O–H groups in total. The maximum Gasteiger partial charge on any atom is 0.272 e. The number of nitrogens with one attached hydrogen (secondary N) is 3. The van der Waals surface area contributed by atoms with Gasteiger partial charge in [0.15, 0.2) is 11.5 Å². The van der Waals surface area contributed by atoms with E-state index < -0.39 is 6.04 Å². The SMILES string of the molecule is C=C1CCC(NC(=O)c2ccc(N3CCN(CC4CCN(c5ccc(C(=O)NC6CCC(Oc7ccc(C#N)c(Cl)c7)CC6)nn5)CC4)CC3)cn2)C(=O)N1. The van der Waals surface area contributed by atoms with Crippen molar-refractivity contribution in [1.29, 1.82) is 5.26 Å². The third-order valence-electron chi connectivity index (χ3n) is 11.1. The molecule has 1 unspecified atom stereocenters. The van der Waals surface area contributed by atoms with Crippen LogP contribution in [0.25, 0.3) is 0 Å². The summed E-state index contributed by atoms with van der Waals surface area (Å²) in [5.74, 6) is 1.25. The molecule has 3 saturated heterocycles. The topological polar surface area (TPSA) is 169 Å². The second-order valence-electron chi connectivity index (χ2n) is 14.9. The molecule has 3 aromatic rings. The fourth-order valence-electron chi connectivity index (χ4n) is 7.80. The van der Waals surface area contributed by atoms with E-state index in [1.165, 1.54) is 0 Å². The van der Waals surface area contributed by atoms with Gasteiger partial charge in [-0.3, -0.25) is 19.3 Å². The highest BCUT2D eigenvalue weighted by molar-refractivity contribution is 6.31. The van der Waals surface area contributed by atoms with E-state index in [9.17, 15) is 14.4 Å². The second kappa shape index (κ2) is 17.5. The number of piperazine rings is 1. The summed E-state index contributed by atoms with van der Waals surface area (Å²) in [6, 6.07) is 13.9. The van der Waals surface area contributed by atoms with Crippen molar-refractivity contribution in [2.45, 2.75) is 69.6 Å². The van der Waals surface area contributed by atoms with Gasteiger partial charge in [-0.15, -0.1) is 10.2 Å². The van der Waals surface area contributed by atoms with Gasteiger partial charge in [-0.25, -0.2) is 4.98 Å². The van der Waals surface area contributed by atoms with E-state index in [0.717, 1.165) is 95.8 Å². The van der Waals surface area contributed by atoms with Crippen LogP contribution in [0.3, 0.4) is 0 Å². The molecule has 3 aliphatic heterocycles. The first-order chi connectivity index (χ1) is 26.7. The summed E-state index contributed by atoms with van der Waals surface area (Å²) in [7, 11) is 0. The minimum Gasteiger partial charge on any atom is -0.490 e. The molecule has 0 spiro atoms. The van der Waals surface area contributed by atoms with Crippen molar-refractivity contribution >= 4 is 40.8 Å². The number of ether oxygens (including phenoxy) is 1. The van der Waals surface area contributed by atoms with E-state index in [1.54, 1.807) is 36.5 Å². The molecule has 15 heteroatoms. The molecule has 3 amide bonds. The number of carbonyl (C=O) groups is 3. The second-order valence-corrected chi connectivity index (χ2v) is 15.3. The quantitative estimate of drug-likeness (QED) is 0.272. The zero-order valence-corrected chi connectivity index (χ0v) is 31.6. The van der Waals surface area contributed by atoms with Gasteiger partial charge in [-0.1, -0.05) is 18.2 Å². The number of amides is 3. The molecule has 5 heterocycles. The minimum atomic E-state index is -0.575. The van der Waals surface area contributed by atoms with Crippen molar-refractivity contribution in [2.24, 2.45) is 5.92 Å². The Hall–Kier alpha value is -5.26. The molecule has 0 radical (unpaired) electrons. The maximum atomic E-state index is 13.0. The van der Waals surface area contributed by atoms with Gasteiger partial charge in [0, 0.05) is 63.6 Å². The molecule has 14 nitrogen and oxygen atoms in total. The number of aromatic nitrogens is 3. The van der Waals surface area contributed by atoms with Crippen molar-refractivity contribution in [3.63, 3.8) is 0 Å². The average Bonchev–Trinajstić information content (AvgIpc) is 3.20. The van der Waals surface area contributed by atoms with E-state index in [1.807, 2.05) is 12.1 Å². The lowest BCUT2D eigenvalue weighted by Crippen LogP contribution is -2.49. The van der Waals surface area contributed by atoms with Gasteiger partial charge in [0.25, 0.3) is 11.8 Å². The van der Waals surface area contributed by atoms with Crippen LogP contribution < -0.4 is 30.5 Å². The van der Waals surface area contributed by atoms with Crippen molar-refractivity contribution in [3.05, 3.63) is 82.9 Å². The predicted octanol–water partition coefficient (Wildman–Crippen LogP) is 4.08. The number of piperidine rings is 2. The molecule has 0 bridgehead atoms. The predicted molar refractivity (Wildman–Crippen MR) is 208 cm³/mol. The number of anilines is 2. The molecule has 1 saturated carbocycles. The molecular formula is C40H47ClN10O4. The molecule has 55 heavy (non-hydrogen) atoms. The van der Waals surface area contributed by atoms with E-state index in [0.29, 0.717) is 52.2 Å². The lowest BCUT2D eigenvalue weighted by Gasteiger charge is -2.39. The molecule has 4 aliphatic rings. The average molecular weight is 767 g/mol. The maximum absolute atomic E-state index is 13.0. The van der Waals surface area contributed by atoms with Gasteiger partial charge >= 0.3 is 0 Å². The number of hydrogen-bond acceptors (Lipinski definition) is 11. The molecule has 2 aromatic heterocycles. The number of halogens is 1. The third kappa shape index (κ3) is 9.71. The van der Waals surface area contributed by atoms with Gasteiger partial charge in [0.05, 0.1) is 28.6 Å². The minimum absolute atomic E-state index is 0.0310. The molecule has 1 aliphatic carbocycles. The molecule has 4 fully saturated rings. The first kappa shape index (κ1) is 38.0. The highest BCUT2D eigenvalue weighted by atomic mass is 35.5. The summed E-state index contributed by atoms with van der Waals surface area (Å²) >= 11 is 6.14. The zero-order chi connectivity index (χ0) is 38.3. The van der Waals surface area contributed by atoms with Crippen LogP contribution in [-0.4, -0.2) is 102 Å². The van der Waals surface area contributed by atoms with Crippen LogP contribution in [0.2, 0.25) is 5.02 Å². The molecule has 288 valence electrons. The van der Waals surface area contributed by atoms with Crippen LogP contribution >= 0.6 is 11.6 Å². The third-order valence-corrected chi connectivity index (χ3v) is 11.4. The Bertz CT molecular complexity index is 1900. The van der Waals surface area contributed by atoms with Crippen LogP contribution in [0, 0.1) is 17.2 Å². The Labute approximate surface area is 326 Å². The van der Waals surface area contributed by atoms with E-state index in [4.69, 9.17) is 21.6 Å². The van der Waals surface area contributed by atoms with Gasteiger partial charge in [0.2, 0.25) is 5.91 Å². The van der Waals surface area contributed by atoms with Gasteiger partial charge in [0.1, 0.15) is 23.6 Å². The molecular weight excluding hydrogens is 720 g/mol. The highest BCUT2D eigenvalue weighted by Gasteiger charge is 2.28. The monoisotopic (exact) mass is 766 g/mol. The van der Waals surface area contributed by atoms with Crippen molar-refractivity contribution in [3.8, 4) is 11.8 Å². The lowest BCUT2D eigenvalue weighted by molar-refractivity contribution is -0.123. The van der Waals surface area contributed by atoms with Crippen LogP contribution in [0.1, 0.15) is 77.9 Å². The summed E-state index contributed by atoms with van der Waals surface area (Å²) in [5.41, 5.74) is 2.70. The molecule has 1 aromatic carbocycles. The van der Waals surface area contributed by atoms with E-state index in [2.05, 4.69) is 58.5 Å². The van der Waals surface area contributed by atoms with Crippen LogP contribution in [0.15, 0.2) is 60.9 Å². The Morgan fingerprint density at radius 3 is 2.29 bits per heavy atom. The van der Waals surface area contributed by atoms with E-state index in [-0.39, 0.29) is 29.9 Å². The van der Waals surface area contributed by atoms with Crippen molar-refractivity contribution in [1.82, 2.24) is 36.0 Å². The van der Waals surface area contributed by atoms with Crippen LogP contribution in [0.5, 0.6) is 5.75 Å². The van der Waals surface area contributed by atoms with Gasteiger partial charge in [-0.05, 0) is 93.7 Å². The lowest BCUT2D eigenvalue weighted by atomic mass is 9.93. The smallest absolute Gasteiger partial charge is 0.272 e. The Morgan fingerprint density at radius 2 is 1.64 bits per heavy atom. The number of carbonyl (C=O) groups excluding carboxylic acids is 3. The summed E-state index contributed by atoms with van der Waals surface area (Å²) in [6.45, 7) is 10.3. The number of rotatable bonds is 10. The largest absolute Gasteiger partial charge is 0.490 e. The zero-order valence-electron chi connectivity index (χ0n) is 30.9. The summed E-state index contributed by atoms with van der Waals surface area (Å²) < 4.78 is 6.08. The number of nitrogens with zero attached hydrogens (tertiary/aromatic N) is 7. The number of benzene rings is 1. The number of pyridine rings is 1. The Morgan fingerprint density at radius 1 is 0.891 bits per heavy atom.